The summed E-state index contributed by atoms with van der Waals surface area (Å²) in [5.41, 5.74) is 1.17. The highest BCUT2D eigenvalue weighted by atomic mass is 79.9. The fourth-order valence-electron chi connectivity index (χ4n) is 3.12. The first-order chi connectivity index (χ1) is 13.5. The second-order valence-electron chi connectivity index (χ2n) is 6.26. The Morgan fingerprint density at radius 2 is 1.96 bits per heavy atom. The molecule has 1 amide bonds. The van der Waals surface area contributed by atoms with Gasteiger partial charge < -0.3 is 14.6 Å². The van der Waals surface area contributed by atoms with Crippen LogP contribution in [0.15, 0.2) is 51.7 Å². The fourth-order valence-corrected chi connectivity index (χ4v) is 3.64. The number of amides is 1. The molecule has 28 heavy (non-hydrogen) atoms. The van der Waals surface area contributed by atoms with E-state index in [2.05, 4.69) is 21.2 Å². The summed E-state index contributed by atoms with van der Waals surface area (Å²) in [6.45, 7) is 1.65. The first-order valence-corrected chi connectivity index (χ1v) is 9.35. The van der Waals surface area contributed by atoms with Crippen molar-refractivity contribution in [1.29, 1.82) is 5.26 Å². The summed E-state index contributed by atoms with van der Waals surface area (Å²) in [6.07, 6.45) is 0. The van der Waals surface area contributed by atoms with Gasteiger partial charge in [0, 0.05) is 33.9 Å². The van der Waals surface area contributed by atoms with Crippen LogP contribution in [0.3, 0.4) is 0 Å². The summed E-state index contributed by atoms with van der Waals surface area (Å²) in [4.78, 5) is 25.4. The van der Waals surface area contributed by atoms with Crippen LogP contribution in [0.2, 0.25) is 0 Å². The molecular formula is C21H18BrN3O3. The van der Waals surface area contributed by atoms with E-state index in [1.807, 2.05) is 48.5 Å². The Morgan fingerprint density at radius 1 is 1.25 bits per heavy atom. The number of rotatable bonds is 5. The van der Waals surface area contributed by atoms with Gasteiger partial charge in [0.25, 0.3) is 5.56 Å². The van der Waals surface area contributed by atoms with Gasteiger partial charge in [-0.05, 0) is 34.3 Å². The summed E-state index contributed by atoms with van der Waals surface area (Å²) in [6, 6.07) is 15.3. The van der Waals surface area contributed by atoms with Crippen LogP contribution in [0.25, 0.3) is 10.8 Å². The van der Waals surface area contributed by atoms with Crippen molar-refractivity contribution < 1.29 is 9.53 Å². The lowest BCUT2D eigenvalue weighted by Gasteiger charge is -2.16. The van der Waals surface area contributed by atoms with Crippen molar-refractivity contribution >= 4 is 38.3 Å². The summed E-state index contributed by atoms with van der Waals surface area (Å²) in [5.74, 6) is -0.350. The van der Waals surface area contributed by atoms with E-state index in [4.69, 9.17) is 4.74 Å². The molecule has 0 aliphatic heterocycles. The third kappa shape index (κ3) is 3.70. The maximum Gasteiger partial charge on any atom is 0.269 e. The first-order valence-electron chi connectivity index (χ1n) is 8.56. The zero-order valence-electron chi connectivity index (χ0n) is 15.5. The molecule has 0 unspecified atom stereocenters. The molecule has 7 heteroatoms. The van der Waals surface area contributed by atoms with E-state index in [0.29, 0.717) is 21.4 Å². The number of nitrogens with zero attached hydrogens (tertiary/aromatic N) is 2. The van der Waals surface area contributed by atoms with Crippen molar-refractivity contribution in [2.24, 2.45) is 0 Å². The lowest BCUT2D eigenvalue weighted by Crippen LogP contribution is -2.32. The number of methoxy groups -OCH3 is 1. The van der Waals surface area contributed by atoms with Crippen LogP contribution >= 0.6 is 15.9 Å². The molecule has 0 fully saturated rings. The number of benzene rings is 2. The molecule has 0 bridgehead atoms. The van der Waals surface area contributed by atoms with Crippen LogP contribution in [0.1, 0.15) is 16.8 Å². The van der Waals surface area contributed by atoms with E-state index >= 15 is 0 Å². The number of aromatic nitrogens is 1. The molecular weight excluding hydrogens is 422 g/mol. The molecule has 1 aromatic heterocycles. The number of hydrogen-bond acceptors (Lipinski definition) is 4. The minimum absolute atomic E-state index is 0.0303. The van der Waals surface area contributed by atoms with E-state index < -0.39 is 5.56 Å². The van der Waals surface area contributed by atoms with Gasteiger partial charge in [0.2, 0.25) is 5.91 Å². The molecule has 3 rings (SSSR count). The van der Waals surface area contributed by atoms with Crippen molar-refractivity contribution in [3.63, 3.8) is 0 Å². The standard InChI is InChI=1S/C21H18BrN3O3/c1-13-20(22)17(12-28-2)16(10-23)21(27)25(13)11-19(26)24-18-9-5-7-14-6-3-4-8-15(14)18/h3-9H,11-12H2,1-2H3,(H,24,26). The van der Waals surface area contributed by atoms with Crippen molar-refractivity contribution in [2.75, 3.05) is 12.4 Å². The van der Waals surface area contributed by atoms with Crippen molar-refractivity contribution in [3.05, 3.63) is 74.1 Å². The summed E-state index contributed by atoms with van der Waals surface area (Å²) in [7, 11) is 1.49. The third-order valence-corrected chi connectivity index (χ3v) is 5.57. The zero-order valence-corrected chi connectivity index (χ0v) is 17.0. The number of carbonyl (C=O) groups is 1. The van der Waals surface area contributed by atoms with E-state index in [0.717, 1.165) is 10.8 Å². The second-order valence-corrected chi connectivity index (χ2v) is 7.06. The molecule has 1 heterocycles. The highest BCUT2D eigenvalue weighted by Gasteiger charge is 2.19. The van der Waals surface area contributed by atoms with E-state index in [-0.39, 0.29) is 24.6 Å². The number of nitrogens with one attached hydrogen (secondary N) is 1. The van der Waals surface area contributed by atoms with E-state index in [9.17, 15) is 14.9 Å². The molecule has 0 saturated heterocycles. The molecule has 142 valence electrons. The topological polar surface area (TPSA) is 84.1 Å². The van der Waals surface area contributed by atoms with Crippen LogP contribution in [0, 0.1) is 18.3 Å². The maximum absolute atomic E-state index is 12.8. The molecule has 0 spiro atoms. The first kappa shape index (κ1) is 19.8. The van der Waals surface area contributed by atoms with Gasteiger partial charge in [0.1, 0.15) is 18.2 Å². The molecule has 0 aliphatic rings. The summed E-state index contributed by atoms with van der Waals surface area (Å²) < 4.78 is 6.97. The van der Waals surface area contributed by atoms with Gasteiger partial charge in [0.15, 0.2) is 0 Å². The van der Waals surface area contributed by atoms with Crippen LogP contribution in [0.5, 0.6) is 0 Å². The van der Waals surface area contributed by atoms with Crippen LogP contribution < -0.4 is 10.9 Å². The predicted octanol–water partition coefficient (Wildman–Crippen LogP) is 3.73. The van der Waals surface area contributed by atoms with Crippen molar-refractivity contribution in [2.45, 2.75) is 20.1 Å². The second kappa shape index (κ2) is 8.38. The number of nitriles is 1. The number of halogens is 1. The fraction of sp³-hybridized carbons (Fsp3) is 0.190. The van der Waals surface area contributed by atoms with Gasteiger partial charge in [-0.2, -0.15) is 5.26 Å². The van der Waals surface area contributed by atoms with Gasteiger partial charge >= 0.3 is 0 Å². The summed E-state index contributed by atoms with van der Waals surface area (Å²) in [5, 5.41) is 14.2. The zero-order chi connectivity index (χ0) is 20.3. The lowest BCUT2D eigenvalue weighted by molar-refractivity contribution is -0.116. The van der Waals surface area contributed by atoms with Crippen LogP contribution in [-0.2, 0) is 22.7 Å². The van der Waals surface area contributed by atoms with E-state index in [1.165, 1.54) is 11.7 Å². The molecule has 0 atom stereocenters. The molecule has 6 nitrogen and oxygen atoms in total. The number of ether oxygens (including phenoxy) is 1. The van der Waals surface area contributed by atoms with E-state index in [1.54, 1.807) is 6.92 Å². The Hall–Kier alpha value is -2.95. The SMILES string of the molecule is COCc1c(Br)c(C)n(CC(=O)Nc2cccc3ccccc23)c(=O)c1C#N. The monoisotopic (exact) mass is 439 g/mol. The lowest BCUT2D eigenvalue weighted by atomic mass is 10.1. The normalized spacial score (nSPS) is 10.6. The molecule has 0 aliphatic carbocycles. The quantitative estimate of drug-likeness (QED) is 0.656. The molecule has 0 radical (unpaired) electrons. The number of hydrogen-bond donors (Lipinski definition) is 1. The molecule has 2 aromatic carbocycles. The van der Waals surface area contributed by atoms with Gasteiger partial charge in [-0.25, -0.2) is 0 Å². The van der Waals surface area contributed by atoms with Gasteiger partial charge in [-0.1, -0.05) is 36.4 Å². The Balaban J connectivity index is 1.95. The minimum Gasteiger partial charge on any atom is -0.380 e. The Labute approximate surface area is 170 Å². The molecule has 0 saturated carbocycles. The highest BCUT2D eigenvalue weighted by molar-refractivity contribution is 9.10. The predicted molar refractivity (Wildman–Crippen MR) is 111 cm³/mol. The molecule has 3 aromatic rings. The minimum atomic E-state index is -0.511. The number of pyridine rings is 1. The van der Waals surface area contributed by atoms with Crippen LogP contribution in [-0.4, -0.2) is 17.6 Å². The summed E-state index contributed by atoms with van der Waals surface area (Å²) >= 11 is 3.42. The maximum atomic E-state index is 12.8. The average molecular weight is 440 g/mol. The largest absolute Gasteiger partial charge is 0.380 e. The van der Waals surface area contributed by atoms with Gasteiger partial charge in [-0.3, -0.25) is 9.59 Å². The van der Waals surface area contributed by atoms with Crippen molar-refractivity contribution in [3.8, 4) is 6.07 Å². The average Bonchev–Trinajstić information content (AvgIpc) is 2.70. The van der Waals surface area contributed by atoms with Gasteiger partial charge in [-0.15, -0.1) is 0 Å². The number of fused-ring (bicyclic) bond motifs is 1. The van der Waals surface area contributed by atoms with Crippen LogP contribution in [0.4, 0.5) is 5.69 Å². The third-order valence-electron chi connectivity index (χ3n) is 4.51. The Bertz CT molecular complexity index is 1160. The molecule has 1 N–H and O–H groups in total. The number of anilines is 1. The highest BCUT2D eigenvalue weighted by Crippen LogP contribution is 2.25. The Kier molecular flexibility index (Phi) is 5.93. The number of carbonyl (C=O) groups excluding carboxylic acids is 1. The van der Waals surface area contributed by atoms with Gasteiger partial charge in [0.05, 0.1) is 6.61 Å². The Morgan fingerprint density at radius 3 is 2.68 bits per heavy atom. The smallest absolute Gasteiger partial charge is 0.269 e. The van der Waals surface area contributed by atoms with Crippen molar-refractivity contribution in [1.82, 2.24) is 4.57 Å².